The van der Waals surface area contributed by atoms with Gasteiger partial charge in [0.25, 0.3) is 5.91 Å². The molecule has 1 aromatic heterocycles. The molecule has 0 saturated heterocycles. The molecule has 4 rings (SSSR count). The molecule has 6 nitrogen and oxygen atoms in total. The van der Waals surface area contributed by atoms with E-state index < -0.39 is 5.97 Å². The molecule has 0 unspecified atom stereocenters. The van der Waals surface area contributed by atoms with Gasteiger partial charge in [0, 0.05) is 28.7 Å². The minimum atomic E-state index is -0.490. The number of halogens is 1. The summed E-state index contributed by atoms with van der Waals surface area (Å²) in [5.41, 5.74) is 3.20. The summed E-state index contributed by atoms with van der Waals surface area (Å²) in [6.07, 6.45) is 2.12. The second-order valence-corrected chi connectivity index (χ2v) is 7.32. The third-order valence-corrected chi connectivity index (χ3v) is 5.35. The standard InChI is InChI=1S/C23H21ClN2O4/c1-3-30-23(28)18-13-26(22(27)16-6-4-5-7-20(16)29-2)11-10-15-17-12-14(24)8-9-19(17)25-21(15)18/h4-9,12-13,25H,3,10-11H2,1-2H3. The van der Waals surface area contributed by atoms with E-state index in [0.29, 0.717) is 40.6 Å². The molecule has 1 N–H and O–H groups in total. The number of hydrogen-bond donors (Lipinski definition) is 1. The number of aromatic amines is 1. The van der Waals surface area contributed by atoms with E-state index in [1.165, 1.54) is 12.0 Å². The number of para-hydroxylation sites is 1. The molecule has 0 fully saturated rings. The van der Waals surface area contributed by atoms with E-state index >= 15 is 0 Å². The summed E-state index contributed by atoms with van der Waals surface area (Å²) < 4.78 is 10.6. The number of fused-ring (bicyclic) bond motifs is 3. The SMILES string of the molecule is CCOC(=O)C1=CN(C(=O)c2ccccc2OC)CCc2c1[nH]c1ccc(Cl)cc21. The average Bonchev–Trinajstić information content (AvgIpc) is 2.99. The fraction of sp³-hybridized carbons (Fsp3) is 0.217. The van der Waals surface area contributed by atoms with Crippen LogP contribution in [0, 0.1) is 0 Å². The lowest BCUT2D eigenvalue weighted by Gasteiger charge is -2.19. The van der Waals surface area contributed by atoms with Crippen molar-refractivity contribution in [2.75, 3.05) is 20.3 Å². The van der Waals surface area contributed by atoms with Crippen molar-refractivity contribution in [3.8, 4) is 5.75 Å². The molecule has 1 aliphatic rings. The third-order valence-electron chi connectivity index (χ3n) is 5.12. The van der Waals surface area contributed by atoms with Gasteiger partial charge in [-0.15, -0.1) is 0 Å². The molecule has 1 amide bonds. The minimum Gasteiger partial charge on any atom is -0.496 e. The highest BCUT2D eigenvalue weighted by molar-refractivity contribution is 6.31. The summed E-state index contributed by atoms with van der Waals surface area (Å²) in [5.74, 6) is -0.258. The van der Waals surface area contributed by atoms with E-state index in [4.69, 9.17) is 21.1 Å². The van der Waals surface area contributed by atoms with Crippen molar-refractivity contribution >= 4 is 40.0 Å². The number of carbonyl (C=O) groups is 2. The Hall–Kier alpha value is -3.25. The van der Waals surface area contributed by atoms with Gasteiger partial charge in [-0.3, -0.25) is 4.79 Å². The third kappa shape index (κ3) is 3.55. The Kier molecular flexibility index (Phi) is 5.50. The molecule has 0 saturated carbocycles. The van der Waals surface area contributed by atoms with Crippen molar-refractivity contribution in [2.45, 2.75) is 13.3 Å². The van der Waals surface area contributed by atoms with Gasteiger partial charge >= 0.3 is 5.97 Å². The van der Waals surface area contributed by atoms with Crippen LogP contribution in [0.5, 0.6) is 5.75 Å². The molecule has 2 aromatic carbocycles. The molecule has 7 heteroatoms. The molecule has 0 radical (unpaired) electrons. The Bertz CT molecular complexity index is 1170. The molecule has 0 bridgehead atoms. The fourth-order valence-electron chi connectivity index (χ4n) is 3.73. The molecular weight excluding hydrogens is 404 g/mol. The van der Waals surface area contributed by atoms with Crippen molar-refractivity contribution in [1.82, 2.24) is 9.88 Å². The zero-order valence-corrected chi connectivity index (χ0v) is 17.5. The number of carbonyl (C=O) groups excluding carboxylic acids is 2. The number of H-pyrrole nitrogens is 1. The van der Waals surface area contributed by atoms with Crippen molar-refractivity contribution in [2.24, 2.45) is 0 Å². The van der Waals surface area contributed by atoms with Gasteiger partial charge in [0.2, 0.25) is 0 Å². The first-order valence-electron chi connectivity index (χ1n) is 9.67. The Balaban J connectivity index is 1.82. The van der Waals surface area contributed by atoms with Gasteiger partial charge in [-0.1, -0.05) is 23.7 Å². The number of nitrogens with one attached hydrogen (secondary N) is 1. The smallest absolute Gasteiger partial charge is 0.341 e. The zero-order valence-electron chi connectivity index (χ0n) is 16.7. The van der Waals surface area contributed by atoms with Gasteiger partial charge in [0.15, 0.2) is 0 Å². The van der Waals surface area contributed by atoms with Gasteiger partial charge in [0.1, 0.15) is 5.75 Å². The first-order chi connectivity index (χ1) is 14.5. The van der Waals surface area contributed by atoms with Crippen LogP contribution in [0.25, 0.3) is 16.5 Å². The van der Waals surface area contributed by atoms with Crippen molar-refractivity contribution in [3.05, 3.63) is 70.5 Å². The molecule has 3 aromatic rings. The van der Waals surface area contributed by atoms with Crippen LogP contribution >= 0.6 is 11.6 Å². The van der Waals surface area contributed by atoms with Gasteiger partial charge < -0.3 is 19.4 Å². The summed E-state index contributed by atoms with van der Waals surface area (Å²) in [5, 5.41) is 1.54. The number of rotatable bonds is 4. The van der Waals surface area contributed by atoms with Crippen LogP contribution < -0.4 is 4.74 Å². The van der Waals surface area contributed by atoms with Crippen LogP contribution in [-0.2, 0) is 16.0 Å². The number of benzene rings is 2. The second-order valence-electron chi connectivity index (χ2n) is 6.88. The van der Waals surface area contributed by atoms with Crippen LogP contribution in [-0.4, -0.2) is 42.0 Å². The van der Waals surface area contributed by atoms with Crippen molar-refractivity contribution < 1.29 is 19.1 Å². The van der Waals surface area contributed by atoms with Crippen LogP contribution in [0.15, 0.2) is 48.7 Å². The van der Waals surface area contributed by atoms with E-state index in [9.17, 15) is 9.59 Å². The average molecular weight is 425 g/mol. The summed E-state index contributed by atoms with van der Waals surface area (Å²) in [6, 6.07) is 12.6. The Morgan fingerprint density at radius 1 is 1.20 bits per heavy atom. The number of nitrogens with zero attached hydrogens (tertiary/aromatic N) is 1. The van der Waals surface area contributed by atoms with Crippen molar-refractivity contribution in [3.63, 3.8) is 0 Å². The first-order valence-corrected chi connectivity index (χ1v) is 10.0. The number of amides is 1. The van der Waals surface area contributed by atoms with Crippen LogP contribution in [0.2, 0.25) is 5.02 Å². The highest BCUT2D eigenvalue weighted by Crippen LogP contribution is 2.33. The Morgan fingerprint density at radius 2 is 2.00 bits per heavy atom. The fourth-order valence-corrected chi connectivity index (χ4v) is 3.90. The minimum absolute atomic E-state index is 0.234. The Morgan fingerprint density at radius 3 is 2.77 bits per heavy atom. The number of aromatic nitrogens is 1. The topological polar surface area (TPSA) is 71.6 Å². The molecule has 0 aliphatic carbocycles. The lowest BCUT2D eigenvalue weighted by Crippen LogP contribution is -2.28. The molecular formula is C23H21ClN2O4. The highest BCUT2D eigenvalue weighted by atomic mass is 35.5. The van der Waals surface area contributed by atoms with Crippen LogP contribution in [0.4, 0.5) is 0 Å². The molecule has 154 valence electrons. The lowest BCUT2D eigenvalue weighted by atomic mass is 10.0. The maximum Gasteiger partial charge on any atom is 0.341 e. The van der Waals surface area contributed by atoms with E-state index in [1.54, 1.807) is 43.5 Å². The molecule has 0 atom stereocenters. The van der Waals surface area contributed by atoms with E-state index in [0.717, 1.165) is 16.5 Å². The van der Waals surface area contributed by atoms with Crippen molar-refractivity contribution in [1.29, 1.82) is 0 Å². The Labute approximate surface area is 179 Å². The van der Waals surface area contributed by atoms with E-state index in [-0.39, 0.29) is 12.5 Å². The second kappa shape index (κ2) is 8.24. The van der Waals surface area contributed by atoms with Gasteiger partial charge in [-0.05, 0) is 49.2 Å². The maximum absolute atomic E-state index is 13.3. The summed E-state index contributed by atoms with van der Waals surface area (Å²) in [6.45, 7) is 2.38. The summed E-state index contributed by atoms with van der Waals surface area (Å²) in [7, 11) is 1.52. The predicted octanol–water partition coefficient (Wildman–Crippen LogP) is 4.43. The van der Waals surface area contributed by atoms with E-state index in [1.807, 2.05) is 12.1 Å². The number of ether oxygens (including phenoxy) is 2. The van der Waals surface area contributed by atoms with Gasteiger partial charge in [0.05, 0.1) is 30.5 Å². The largest absolute Gasteiger partial charge is 0.496 e. The number of hydrogen-bond acceptors (Lipinski definition) is 4. The monoisotopic (exact) mass is 424 g/mol. The maximum atomic E-state index is 13.3. The summed E-state index contributed by atoms with van der Waals surface area (Å²) >= 11 is 6.20. The molecule has 30 heavy (non-hydrogen) atoms. The van der Waals surface area contributed by atoms with Gasteiger partial charge in [-0.2, -0.15) is 0 Å². The zero-order chi connectivity index (χ0) is 21.3. The molecule has 0 spiro atoms. The quantitative estimate of drug-likeness (QED) is 0.629. The highest BCUT2D eigenvalue weighted by Gasteiger charge is 2.28. The molecule has 1 aliphatic heterocycles. The lowest BCUT2D eigenvalue weighted by molar-refractivity contribution is -0.136. The number of methoxy groups -OCH3 is 1. The summed E-state index contributed by atoms with van der Waals surface area (Å²) in [4.78, 5) is 30.9. The van der Waals surface area contributed by atoms with Crippen LogP contribution in [0.3, 0.4) is 0 Å². The normalized spacial score (nSPS) is 13.4. The van der Waals surface area contributed by atoms with Gasteiger partial charge in [-0.25, -0.2) is 4.79 Å². The molecule has 2 heterocycles. The first kappa shape index (κ1) is 20.0. The number of esters is 1. The van der Waals surface area contributed by atoms with E-state index in [2.05, 4.69) is 4.98 Å². The van der Waals surface area contributed by atoms with Crippen LogP contribution in [0.1, 0.15) is 28.5 Å². The predicted molar refractivity (Wildman–Crippen MR) is 116 cm³/mol.